The van der Waals surface area contributed by atoms with Crippen molar-refractivity contribution in [3.05, 3.63) is 52.6 Å². The fourth-order valence-corrected chi connectivity index (χ4v) is 2.23. The molecule has 21 heavy (non-hydrogen) atoms. The van der Waals surface area contributed by atoms with Crippen LogP contribution in [0.4, 0.5) is 23.5 Å². The smallest absolute Gasteiger partial charge is 0.206 e. The molecule has 3 aromatic rings. The van der Waals surface area contributed by atoms with Gasteiger partial charge in [-0.1, -0.05) is 11.6 Å². The largest absolute Gasteiger partial charge is 0.369 e. The predicted octanol–water partition coefficient (Wildman–Crippen LogP) is 3.82. The van der Waals surface area contributed by atoms with E-state index in [1.807, 2.05) is 0 Å². The third kappa shape index (κ3) is 2.01. The Morgan fingerprint density at radius 1 is 1.00 bits per heavy atom. The van der Waals surface area contributed by atoms with E-state index in [2.05, 4.69) is 4.98 Å². The number of rotatable bonds is 1. The van der Waals surface area contributed by atoms with Gasteiger partial charge in [-0.2, -0.15) is 0 Å². The molecule has 0 fully saturated rings. The first-order chi connectivity index (χ1) is 9.90. The number of nitrogens with two attached hydrogens (primary N) is 1. The van der Waals surface area contributed by atoms with Crippen LogP contribution in [0, 0.1) is 23.3 Å². The summed E-state index contributed by atoms with van der Waals surface area (Å²) in [5, 5.41) is 0.332. The molecule has 1 aromatic heterocycles. The number of benzene rings is 2. The second-order valence-electron chi connectivity index (χ2n) is 4.26. The molecular formula is C13H6ClF4N3. The maximum Gasteiger partial charge on any atom is 0.206 e. The van der Waals surface area contributed by atoms with Crippen molar-refractivity contribution in [3.8, 4) is 5.69 Å². The van der Waals surface area contributed by atoms with E-state index in [1.54, 1.807) is 0 Å². The van der Waals surface area contributed by atoms with E-state index < -0.39 is 29.0 Å². The first-order valence-electron chi connectivity index (χ1n) is 5.67. The lowest BCUT2D eigenvalue weighted by Gasteiger charge is -2.10. The SMILES string of the molecule is Nc1nc2cc(Cl)ccc2n1-c1c(F)c(F)cc(F)c1F. The van der Waals surface area contributed by atoms with Crippen molar-refractivity contribution in [3.63, 3.8) is 0 Å². The van der Waals surface area contributed by atoms with Crippen LogP contribution >= 0.6 is 11.6 Å². The summed E-state index contributed by atoms with van der Waals surface area (Å²) in [6.45, 7) is 0. The van der Waals surface area contributed by atoms with E-state index in [4.69, 9.17) is 17.3 Å². The molecule has 2 N–H and O–H groups in total. The Hall–Kier alpha value is -2.28. The number of hydrogen-bond acceptors (Lipinski definition) is 2. The van der Waals surface area contributed by atoms with Crippen LogP contribution in [0.15, 0.2) is 24.3 Å². The molecule has 8 heteroatoms. The van der Waals surface area contributed by atoms with Crippen LogP contribution in [0.1, 0.15) is 0 Å². The van der Waals surface area contributed by atoms with Gasteiger partial charge in [-0.05, 0) is 18.2 Å². The maximum atomic E-state index is 13.9. The molecular weight excluding hydrogens is 310 g/mol. The number of halogens is 5. The van der Waals surface area contributed by atoms with E-state index in [0.717, 1.165) is 4.57 Å². The highest BCUT2D eigenvalue weighted by Gasteiger charge is 2.24. The highest BCUT2D eigenvalue weighted by molar-refractivity contribution is 6.31. The summed E-state index contributed by atoms with van der Waals surface area (Å²) >= 11 is 5.78. The van der Waals surface area contributed by atoms with Crippen LogP contribution in [0.2, 0.25) is 5.02 Å². The zero-order chi connectivity index (χ0) is 15.3. The van der Waals surface area contributed by atoms with Crippen LogP contribution < -0.4 is 5.73 Å². The summed E-state index contributed by atoms with van der Waals surface area (Å²) in [7, 11) is 0. The summed E-state index contributed by atoms with van der Waals surface area (Å²) in [5.74, 6) is -6.50. The molecule has 3 nitrogen and oxygen atoms in total. The average Bonchev–Trinajstić information content (AvgIpc) is 2.73. The molecule has 0 spiro atoms. The standard InChI is InChI=1S/C13H6ClF4N3/c14-5-1-2-9-8(3-5)20-13(19)21(9)12-10(17)6(15)4-7(16)11(12)18/h1-4H,(H2,19,20). The molecule has 2 aromatic carbocycles. The van der Waals surface area contributed by atoms with Gasteiger partial charge >= 0.3 is 0 Å². The monoisotopic (exact) mass is 315 g/mol. The first kappa shape index (κ1) is 13.7. The summed E-state index contributed by atoms with van der Waals surface area (Å²) in [4.78, 5) is 3.87. The van der Waals surface area contributed by atoms with Crippen molar-refractivity contribution in [2.24, 2.45) is 0 Å². The molecule has 0 amide bonds. The fourth-order valence-electron chi connectivity index (χ4n) is 2.06. The van der Waals surface area contributed by atoms with Crippen LogP contribution in [0.25, 0.3) is 16.7 Å². The van der Waals surface area contributed by atoms with E-state index in [0.29, 0.717) is 5.02 Å². The zero-order valence-corrected chi connectivity index (χ0v) is 10.9. The Bertz CT molecular complexity index is 849. The Morgan fingerprint density at radius 3 is 2.24 bits per heavy atom. The molecule has 0 aliphatic rings. The molecule has 0 atom stereocenters. The summed E-state index contributed by atoms with van der Waals surface area (Å²) in [6, 6.07) is 4.37. The van der Waals surface area contributed by atoms with E-state index in [1.165, 1.54) is 18.2 Å². The van der Waals surface area contributed by atoms with Gasteiger partial charge in [0.05, 0.1) is 11.0 Å². The lowest BCUT2D eigenvalue weighted by molar-refractivity contribution is 0.449. The van der Waals surface area contributed by atoms with E-state index in [-0.39, 0.29) is 23.0 Å². The van der Waals surface area contributed by atoms with Gasteiger partial charge in [0.2, 0.25) is 5.95 Å². The number of imidazole rings is 1. The second-order valence-corrected chi connectivity index (χ2v) is 4.69. The maximum absolute atomic E-state index is 13.9. The Kier molecular flexibility index (Phi) is 3.02. The van der Waals surface area contributed by atoms with Crippen molar-refractivity contribution in [1.29, 1.82) is 0 Å². The summed E-state index contributed by atoms with van der Waals surface area (Å²) in [6.07, 6.45) is 0. The molecule has 3 rings (SSSR count). The van der Waals surface area contributed by atoms with Gasteiger partial charge < -0.3 is 5.73 Å². The Morgan fingerprint density at radius 2 is 1.62 bits per heavy atom. The number of nitrogen functional groups attached to an aromatic ring is 1. The molecule has 0 saturated carbocycles. The third-order valence-corrected chi connectivity index (χ3v) is 3.19. The number of aromatic nitrogens is 2. The lowest BCUT2D eigenvalue weighted by Crippen LogP contribution is -2.09. The fraction of sp³-hybridized carbons (Fsp3) is 0. The van der Waals surface area contributed by atoms with Gasteiger partial charge in [0.25, 0.3) is 0 Å². The molecule has 0 saturated heterocycles. The second kappa shape index (κ2) is 4.63. The minimum atomic E-state index is -1.56. The third-order valence-electron chi connectivity index (χ3n) is 2.95. The topological polar surface area (TPSA) is 43.8 Å². The van der Waals surface area contributed by atoms with Crippen molar-refractivity contribution in [1.82, 2.24) is 9.55 Å². The van der Waals surface area contributed by atoms with E-state index >= 15 is 0 Å². The number of fused-ring (bicyclic) bond motifs is 1. The average molecular weight is 316 g/mol. The molecule has 108 valence electrons. The zero-order valence-electron chi connectivity index (χ0n) is 10.2. The minimum Gasteiger partial charge on any atom is -0.369 e. The van der Waals surface area contributed by atoms with Gasteiger partial charge in [0.15, 0.2) is 23.3 Å². The summed E-state index contributed by atoms with van der Waals surface area (Å²) < 4.78 is 55.2. The van der Waals surface area contributed by atoms with Gasteiger partial charge in [-0.15, -0.1) is 0 Å². The first-order valence-corrected chi connectivity index (χ1v) is 6.04. The minimum absolute atomic E-state index is 0.125. The van der Waals surface area contributed by atoms with Crippen molar-refractivity contribution in [2.75, 3.05) is 5.73 Å². The molecule has 0 unspecified atom stereocenters. The van der Waals surface area contributed by atoms with Gasteiger partial charge in [0.1, 0.15) is 5.69 Å². The number of hydrogen-bond donors (Lipinski definition) is 1. The quantitative estimate of drug-likeness (QED) is 0.548. The van der Waals surface area contributed by atoms with Gasteiger partial charge in [0, 0.05) is 11.1 Å². The summed E-state index contributed by atoms with van der Waals surface area (Å²) in [5.41, 5.74) is 5.05. The van der Waals surface area contributed by atoms with Crippen LogP contribution in [-0.4, -0.2) is 9.55 Å². The van der Waals surface area contributed by atoms with Crippen LogP contribution in [-0.2, 0) is 0 Å². The molecule has 0 bridgehead atoms. The molecule has 0 radical (unpaired) electrons. The molecule has 0 aliphatic heterocycles. The van der Waals surface area contributed by atoms with E-state index in [9.17, 15) is 17.6 Å². The van der Waals surface area contributed by atoms with Gasteiger partial charge in [-0.25, -0.2) is 22.5 Å². The van der Waals surface area contributed by atoms with Gasteiger partial charge in [-0.3, -0.25) is 4.57 Å². The van der Waals surface area contributed by atoms with Crippen molar-refractivity contribution in [2.45, 2.75) is 0 Å². The van der Waals surface area contributed by atoms with Crippen LogP contribution in [0.5, 0.6) is 0 Å². The lowest BCUT2D eigenvalue weighted by atomic mass is 10.2. The van der Waals surface area contributed by atoms with Crippen molar-refractivity contribution < 1.29 is 17.6 Å². The number of anilines is 1. The highest BCUT2D eigenvalue weighted by Crippen LogP contribution is 2.30. The molecule has 1 heterocycles. The Labute approximate surface area is 120 Å². The molecule has 0 aliphatic carbocycles. The van der Waals surface area contributed by atoms with Crippen LogP contribution in [0.3, 0.4) is 0 Å². The highest BCUT2D eigenvalue weighted by atomic mass is 35.5. The normalized spacial score (nSPS) is 11.3. The number of nitrogens with zero attached hydrogens (tertiary/aromatic N) is 2. The van der Waals surface area contributed by atoms with Crippen molar-refractivity contribution >= 4 is 28.6 Å². The predicted molar refractivity (Wildman–Crippen MR) is 70.3 cm³/mol. The Balaban J connectivity index is 2.44.